The van der Waals surface area contributed by atoms with Gasteiger partial charge in [0.15, 0.2) is 11.2 Å². The highest BCUT2D eigenvalue weighted by Crippen LogP contribution is 2.67. The van der Waals surface area contributed by atoms with Crippen LogP contribution in [0.15, 0.2) is 217 Å². The lowest BCUT2D eigenvalue weighted by Crippen LogP contribution is -2.52. The molecule has 4 bridgehead atoms. The third kappa shape index (κ3) is 6.63. The van der Waals surface area contributed by atoms with Gasteiger partial charge in [-0.25, -0.2) is 0 Å². The zero-order valence-corrected chi connectivity index (χ0v) is 37.0. The monoisotopic (exact) mass is 828 g/mol. The van der Waals surface area contributed by atoms with E-state index in [-0.39, 0.29) is 0 Å². The number of hydrogen-bond acceptors (Lipinski definition) is 2. The molecule has 2 aliphatic heterocycles. The zero-order chi connectivity index (χ0) is 43.4. The number of hydrogen-bond donors (Lipinski definition) is 0. The van der Waals surface area contributed by atoms with E-state index in [2.05, 4.69) is 234 Å². The van der Waals surface area contributed by atoms with E-state index in [0.29, 0.717) is 11.8 Å². The first kappa shape index (κ1) is 39.7. The molecule has 0 saturated heterocycles. The van der Waals surface area contributed by atoms with Crippen LogP contribution < -0.4 is 9.47 Å². The normalized spacial score (nSPS) is 20.7. The smallest absolute Gasteiger partial charge is 0.157 e. The molecule has 12 rings (SSSR count). The van der Waals surface area contributed by atoms with Gasteiger partial charge in [-0.15, -0.1) is 0 Å². The van der Waals surface area contributed by atoms with Crippen LogP contribution >= 0.6 is 0 Å². The zero-order valence-electron chi connectivity index (χ0n) is 37.0. The quantitative estimate of drug-likeness (QED) is 0.166. The highest BCUT2D eigenvalue weighted by atomic mass is 16.5. The summed E-state index contributed by atoms with van der Waals surface area (Å²) in [5, 5.41) is 0. The number of rotatable bonds is 6. The third-order valence-corrected chi connectivity index (χ3v) is 14.1. The standard InChI is InChI=1S/2C31H26O/c2*1-21-12-16-23(17-13-21)29(24-18-14-22(2)15-19-24)30-27-20-31(30,25-8-4-3-5-9-25)32-28-11-7-6-10-26(27)28/h2*3-19,27H,20H2,1-2H3/t2*27-,31+/m10/s1. The molecule has 2 nitrogen and oxygen atoms in total. The fraction of sp³-hybridized carbons (Fsp3) is 0.161. The average molecular weight is 829 g/mol. The van der Waals surface area contributed by atoms with Crippen LogP contribution in [0.2, 0.25) is 0 Å². The molecule has 4 atom stereocenters. The molecule has 0 radical (unpaired) electrons. The van der Waals surface area contributed by atoms with Gasteiger partial charge in [0, 0.05) is 35.8 Å². The number of aryl methyl sites for hydroxylation is 4. The number of fused-ring (bicyclic) bond motifs is 8. The van der Waals surface area contributed by atoms with Gasteiger partial charge in [-0.2, -0.15) is 0 Å². The van der Waals surface area contributed by atoms with Gasteiger partial charge in [0.05, 0.1) is 0 Å². The highest BCUT2D eigenvalue weighted by molar-refractivity contribution is 5.88. The minimum atomic E-state index is -0.425. The van der Waals surface area contributed by atoms with Crippen LogP contribution in [0.25, 0.3) is 11.1 Å². The summed E-state index contributed by atoms with van der Waals surface area (Å²) in [6.45, 7) is 8.58. The van der Waals surface area contributed by atoms with Crippen molar-refractivity contribution in [3.63, 3.8) is 0 Å². The number of para-hydroxylation sites is 2. The number of ether oxygens (including phenoxy) is 2. The molecular formula is C62H52O2. The Bertz CT molecular complexity index is 2740. The molecule has 0 spiro atoms. The first-order valence-electron chi connectivity index (χ1n) is 22.8. The molecule has 2 heteroatoms. The molecule has 4 aliphatic rings. The Hall–Kier alpha value is -7.16. The predicted molar refractivity (Wildman–Crippen MR) is 262 cm³/mol. The minimum absolute atomic E-state index is 0.359. The lowest BCUT2D eigenvalue weighted by Gasteiger charge is -2.56. The Balaban J connectivity index is 0.000000143. The molecule has 2 fully saturated rings. The first-order chi connectivity index (χ1) is 31.3. The maximum atomic E-state index is 6.90. The van der Waals surface area contributed by atoms with Crippen molar-refractivity contribution in [3.8, 4) is 11.5 Å². The van der Waals surface area contributed by atoms with Gasteiger partial charge in [-0.1, -0.05) is 216 Å². The lowest BCUT2D eigenvalue weighted by molar-refractivity contribution is 0.0143. The first-order valence-corrected chi connectivity index (χ1v) is 22.8. The average Bonchev–Trinajstić information content (AvgIpc) is 3.34. The van der Waals surface area contributed by atoms with Crippen molar-refractivity contribution in [2.45, 2.75) is 63.6 Å². The molecule has 8 aromatic carbocycles. The van der Waals surface area contributed by atoms with Gasteiger partial charge < -0.3 is 9.47 Å². The molecule has 0 amide bonds. The minimum Gasteiger partial charge on any atom is -0.478 e. The van der Waals surface area contributed by atoms with Gasteiger partial charge in [0.25, 0.3) is 0 Å². The Morgan fingerprint density at radius 2 is 0.625 bits per heavy atom. The maximum Gasteiger partial charge on any atom is 0.157 e. The SMILES string of the molecule is Cc1ccc(C(=C2[C@@H]3C[C@@]2(c2ccccc2)Oc2ccccc23)c2ccc(C)cc2)cc1.Cc1ccc(C(=C2[C@H]3C[C@]2(c2ccccc2)Oc2ccccc23)c2ccc(C)cc2)cc1. The van der Waals surface area contributed by atoms with Gasteiger partial charge in [0.1, 0.15) is 11.5 Å². The Labute approximate surface area is 378 Å². The fourth-order valence-electron chi connectivity index (χ4n) is 10.8. The van der Waals surface area contributed by atoms with Crippen LogP contribution in [0.1, 0.15) is 91.4 Å². The van der Waals surface area contributed by atoms with Gasteiger partial charge in [-0.3, -0.25) is 0 Å². The predicted octanol–water partition coefficient (Wildman–Crippen LogP) is 15.2. The van der Waals surface area contributed by atoms with Crippen LogP contribution in [0.3, 0.4) is 0 Å². The van der Waals surface area contributed by atoms with E-state index >= 15 is 0 Å². The van der Waals surface area contributed by atoms with Gasteiger partial charge in [-0.05, 0) is 95.5 Å². The molecule has 2 heterocycles. The molecule has 2 aliphatic carbocycles. The summed E-state index contributed by atoms with van der Waals surface area (Å²) in [6, 6.07) is 74.4. The van der Waals surface area contributed by atoms with Crippen molar-refractivity contribution in [1.29, 1.82) is 0 Å². The Morgan fingerprint density at radius 3 is 0.938 bits per heavy atom. The summed E-state index contributed by atoms with van der Waals surface area (Å²) < 4.78 is 13.8. The molecular weight excluding hydrogens is 777 g/mol. The van der Waals surface area contributed by atoms with E-state index in [0.717, 1.165) is 24.3 Å². The lowest BCUT2D eigenvalue weighted by atomic mass is 9.56. The molecule has 8 aromatic rings. The largest absolute Gasteiger partial charge is 0.478 e. The Morgan fingerprint density at radius 1 is 0.344 bits per heavy atom. The summed E-state index contributed by atoms with van der Waals surface area (Å²) in [5.41, 5.74) is 19.7. The summed E-state index contributed by atoms with van der Waals surface area (Å²) in [4.78, 5) is 0. The molecule has 0 unspecified atom stereocenters. The van der Waals surface area contributed by atoms with Gasteiger partial charge in [0.2, 0.25) is 0 Å². The van der Waals surface area contributed by atoms with E-state index < -0.39 is 11.2 Å². The van der Waals surface area contributed by atoms with E-state index in [1.807, 2.05) is 0 Å². The topological polar surface area (TPSA) is 18.5 Å². The number of benzene rings is 8. The van der Waals surface area contributed by atoms with Crippen LogP contribution in [0, 0.1) is 27.7 Å². The van der Waals surface area contributed by atoms with Crippen LogP contribution in [0.4, 0.5) is 0 Å². The second-order valence-corrected chi connectivity index (χ2v) is 18.2. The second kappa shape index (κ2) is 15.9. The van der Waals surface area contributed by atoms with Crippen molar-refractivity contribution < 1.29 is 9.47 Å². The maximum absolute atomic E-state index is 6.90. The molecule has 0 N–H and O–H groups in total. The van der Waals surface area contributed by atoms with Gasteiger partial charge >= 0.3 is 0 Å². The fourth-order valence-corrected chi connectivity index (χ4v) is 10.8. The van der Waals surface area contributed by atoms with Crippen LogP contribution in [-0.2, 0) is 11.2 Å². The van der Waals surface area contributed by atoms with E-state index in [4.69, 9.17) is 9.47 Å². The third-order valence-electron chi connectivity index (χ3n) is 14.1. The summed E-state index contributed by atoms with van der Waals surface area (Å²) in [7, 11) is 0. The molecule has 64 heavy (non-hydrogen) atoms. The van der Waals surface area contributed by atoms with Crippen molar-refractivity contribution in [3.05, 3.63) is 284 Å². The van der Waals surface area contributed by atoms with Crippen molar-refractivity contribution >= 4 is 11.1 Å². The highest BCUT2D eigenvalue weighted by Gasteiger charge is 2.60. The summed E-state index contributed by atoms with van der Waals surface area (Å²) >= 11 is 0. The second-order valence-electron chi connectivity index (χ2n) is 18.2. The summed E-state index contributed by atoms with van der Waals surface area (Å²) in [6.07, 6.45) is 1.95. The molecule has 0 aromatic heterocycles. The van der Waals surface area contributed by atoms with Crippen molar-refractivity contribution in [2.24, 2.45) is 0 Å². The van der Waals surface area contributed by atoms with Crippen molar-refractivity contribution in [2.75, 3.05) is 0 Å². The van der Waals surface area contributed by atoms with E-state index in [1.54, 1.807) is 0 Å². The van der Waals surface area contributed by atoms with Crippen molar-refractivity contribution in [1.82, 2.24) is 0 Å². The van der Waals surface area contributed by atoms with Crippen LogP contribution in [0.5, 0.6) is 11.5 Å². The Kier molecular flexibility index (Phi) is 9.84. The van der Waals surface area contributed by atoms with Crippen LogP contribution in [-0.4, -0.2) is 0 Å². The van der Waals surface area contributed by atoms with E-state index in [1.165, 1.54) is 89.1 Å². The molecule has 2 saturated carbocycles. The molecule has 312 valence electrons. The summed E-state index contributed by atoms with van der Waals surface area (Å²) in [5.74, 6) is 2.75. The van der Waals surface area contributed by atoms with E-state index in [9.17, 15) is 0 Å².